The SMILES string of the molecule is CCC(=O)NNC(=O)c1ccc2c(c1)OCCO2. The molecule has 0 radical (unpaired) electrons. The number of carbonyl (C=O) groups excluding carboxylic acids is 2. The van der Waals surface area contributed by atoms with Crippen LogP contribution in [0.5, 0.6) is 11.5 Å². The smallest absolute Gasteiger partial charge is 0.269 e. The lowest BCUT2D eigenvalue weighted by Gasteiger charge is -2.18. The molecule has 0 fully saturated rings. The van der Waals surface area contributed by atoms with Crippen molar-refractivity contribution in [3.05, 3.63) is 23.8 Å². The van der Waals surface area contributed by atoms with E-state index in [9.17, 15) is 9.59 Å². The fourth-order valence-electron chi connectivity index (χ4n) is 1.47. The van der Waals surface area contributed by atoms with Crippen molar-refractivity contribution in [2.24, 2.45) is 0 Å². The number of hydrazine groups is 1. The molecule has 1 aliphatic heterocycles. The second-order valence-corrected chi connectivity index (χ2v) is 3.71. The molecule has 2 N–H and O–H groups in total. The molecule has 0 saturated carbocycles. The molecule has 1 aromatic carbocycles. The van der Waals surface area contributed by atoms with Crippen LogP contribution in [0.3, 0.4) is 0 Å². The summed E-state index contributed by atoms with van der Waals surface area (Å²) >= 11 is 0. The molecule has 18 heavy (non-hydrogen) atoms. The number of nitrogens with one attached hydrogen (secondary N) is 2. The zero-order valence-electron chi connectivity index (χ0n) is 9.99. The van der Waals surface area contributed by atoms with Gasteiger partial charge in [0.25, 0.3) is 5.91 Å². The van der Waals surface area contributed by atoms with Crippen LogP contribution in [-0.4, -0.2) is 25.0 Å². The number of amides is 2. The van der Waals surface area contributed by atoms with E-state index in [0.717, 1.165) is 0 Å². The van der Waals surface area contributed by atoms with Crippen LogP contribution in [0.4, 0.5) is 0 Å². The molecule has 2 amide bonds. The van der Waals surface area contributed by atoms with Gasteiger partial charge in [0.2, 0.25) is 5.91 Å². The molecular weight excluding hydrogens is 236 g/mol. The lowest BCUT2D eigenvalue weighted by molar-refractivity contribution is -0.121. The molecule has 6 heteroatoms. The van der Waals surface area contributed by atoms with Gasteiger partial charge < -0.3 is 9.47 Å². The minimum Gasteiger partial charge on any atom is -0.486 e. The predicted molar refractivity (Wildman–Crippen MR) is 63.3 cm³/mol. The summed E-state index contributed by atoms with van der Waals surface area (Å²) in [5, 5.41) is 0. The van der Waals surface area contributed by atoms with Crippen LogP contribution in [0.2, 0.25) is 0 Å². The van der Waals surface area contributed by atoms with Crippen LogP contribution in [0.15, 0.2) is 18.2 Å². The highest BCUT2D eigenvalue weighted by Crippen LogP contribution is 2.30. The largest absolute Gasteiger partial charge is 0.486 e. The van der Waals surface area contributed by atoms with Gasteiger partial charge in [0.15, 0.2) is 11.5 Å². The zero-order chi connectivity index (χ0) is 13.0. The molecule has 1 aliphatic rings. The van der Waals surface area contributed by atoms with Gasteiger partial charge in [-0.3, -0.25) is 20.4 Å². The Labute approximate surface area is 104 Å². The van der Waals surface area contributed by atoms with E-state index in [0.29, 0.717) is 36.7 Å². The van der Waals surface area contributed by atoms with E-state index in [-0.39, 0.29) is 5.91 Å². The molecule has 96 valence electrons. The molecule has 0 atom stereocenters. The Morgan fingerprint density at radius 3 is 2.61 bits per heavy atom. The third-order valence-corrected chi connectivity index (χ3v) is 2.44. The number of fused-ring (bicyclic) bond motifs is 1. The van der Waals surface area contributed by atoms with Crippen LogP contribution in [0, 0.1) is 0 Å². The highest BCUT2D eigenvalue weighted by Gasteiger charge is 2.14. The van der Waals surface area contributed by atoms with E-state index in [1.54, 1.807) is 25.1 Å². The minimum absolute atomic E-state index is 0.249. The van der Waals surface area contributed by atoms with Crippen LogP contribution in [0.25, 0.3) is 0 Å². The van der Waals surface area contributed by atoms with E-state index >= 15 is 0 Å². The summed E-state index contributed by atoms with van der Waals surface area (Å²) in [6.45, 7) is 2.67. The Bertz CT molecular complexity index is 473. The van der Waals surface area contributed by atoms with E-state index in [4.69, 9.17) is 9.47 Å². The molecule has 0 saturated heterocycles. The first-order valence-electron chi connectivity index (χ1n) is 5.69. The summed E-state index contributed by atoms with van der Waals surface area (Å²) in [4.78, 5) is 22.7. The van der Waals surface area contributed by atoms with Crippen LogP contribution >= 0.6 is 0 Å². The summed E-state index contributed by atoms with van der Waals surface area (Å²) in [7, 11) is 0. The maximum atomic E-state index is 11.7. The third kappa shape index (κ3) is 2.71. The predicted octanol–water partition coefficient (Wildman–Crippen LogP) is 0.629. The van der Waals surface area contributed by atoms with E-state index < -0.39 is 5.91 Å². The van der Waals surface area contributed by atoms with E-state index in [1.807, 2.05) is 0 Å². The third-order valence-electron chi connectivity index (χ3n) is 2.44. The monoisotopic (exact) mass is 250 g/mol. The van der Waals surface area contributed by atoms with Crippen molar-refractivity contribution in [2.45, 2.75) is 13.3 Å². The quantitative estimate of drug-likeness (QED) is 0.755. The fraction of sp³-hybridized carbons (Fsp3) is 0.333. The molecule has 6 nitrogen and oxygen atoms in total. The number of benzene rings is 1. The molecule has 0 spiro atoms. The average Bonchev–Trinajstić information content (AvgIpc) is 2.43. The van der Waals surface area contributed by atoms with Crippen molar-refractivity contribution >= 4 is 11.8 Å². The first-order valence-corrected chi connectivity index (χ1v) is 5.69. The van der Waals surface area contributed by atoms with Gasteiger partial charge in [-0.1, -0.05) is 6.92 Å². The molecule has 1 heterocycles. The van der Waals surface area contributed by atoms with Crippen molar-refractivity contribution < 1.29 is 19.1 Å². The lowest BCUT2D eigenvalue weighted by Crippen LogP contribution is -2.41. The van der Waals surface area contributed by atoms with Gasteiger partial charge >= 0.3 is 0 Å². The van der Waals surface area contributed by atoms with Crippen LogP contribution in [0.1, 0.15) is 23.7 Å². The Kier molecular flexibility index (Phi) is 3.66. The average molecular weight is 250 g/mol. The second kappa shape index (κ2) is 5.39. The van der Waals surface area contributed by atoms with Crippen molar-refractivity contribution in [3.63, 3.8) is 0 Å². The summed E-state index contributed by atoms with van der Waals surface area (Å²) in [5.41, 5.74) is 5.02. The van der Waals surface area contributed by atoms with Crippen molar-refractivity contribution in [2.75, 3.05) is 13.2 Å². The van der Waals surface area contributed by atoms with Crippen LogP contribution < -0.4 is 20.3 Å². The summed E-state index contributed by atoms with van der Waals surface area (Å²) in [6, 6.07) is 4.87. The maximum Gasteiger partial charge on any atom is 0.269 e. The number of carbonyl (C=O) groups is 2. The number of ether oxygens (including phenoxy) is 2. The van der Waals surface area contributed by atoms with Gasteiger partial charge in [0.1, 0.15) is 13.2 Å². The summed E-state index contributed by atoms with van der Waals surface area (Å²) < 4.78 is 10.7. The number of hydrogen-bond acceptors (Lipinski definition) is 4. The van der Waals surface area contributed by atoms with Crippen molar-refractivity contribution in [1.82, 2.24) is 10.9 Å². The Hall–Kier alpha value is -2.24. The van der Waals surface area contributed by atoms with Gasteiger partial charge in [-0.15, -0.1) is 0 Å². The van der Waals surface area contributed by atoms with Gasteiger partial charge in [0, 0.05) is 12.0 Å². The standard InChI is InChI=1S/C12H14N2O4/c1-2-11(15)13-14-12(16)8-3-4-9-10(7-8)18-6-5-17-9/h3-4,7H,2,5-6H2,1H3,(H,13,15)(H,14,16). The summed E-state index contributed by atoms with van der Waals surface area (Å²) in [6.07, 6.45) is 0.307. The molecule has 0 unspecified atom stereocenters. The molecule has 0 aromatic heterocycles. The van der Waals surface area contributed by atoms with Gasteiger partial charge in [0.05, 0.1) is 0 Å². The summed E-state index contributed by atoms with van der Waals surface area (Å²) in [5.74, 6) is 0.515. The zero-order valence-corrected chi connectivity index (χ0v) is 9.99. The van der Waals surface area contributed by atoms with Crippen molar-refractivity contribution in [1.29, 1.82) is 0 Å². The molecule has 2 rings (SSSR count). The molecular formula is C12H14N2O4. The Morgan fingerprint density at radius 1 is 1.17 bits per heavy atom. The van der Waals surface area contributed by atoms with Crippen molar-refractivity contribution in [3.8, 4) is 11.5 Å². The van der Waals surface area contributed by atoms with E-state index in [2.05, 4.69) is 10.9 Å². The highest BCUT2D eigenvalue weighted by molar-refractivity contribution is 5.96. The van der Waals surface area contributed by atoms with Gasteiger partial charge in [-0.05, 0) is 18.2 Å². The number of hydrogen-bond donors (Lipinski definition) is 2. The second-order valence-electron chi connectivity index (χ2n) is 3.71. The van der Waals surface area contributed by atoms with Gasteiger partial charge in [-0.25, -0.2) is 0 Å². The topological polar surface area (TPSA) is 76.7 Å². The first-order chi connectivity index (χ1) is 8.70. The fourth-order valence-corrected chi connectivity index (χ4v) is 1.47. The van der Waals surface area contributed by atoms with Gasteiger partial charge in [-0.2, -0.15) is 0 Å². The Morgan fingerprint density at radius 2 is 1.89 bits per heavy atom. The minimum atomic E-state index is -0.395. The molecule has 1 aromatic rings. The first kappa shape index (κ1) is 12.2. The normalized spacial score (nSPS) is 12.7. The van der Waals surface area contributed by atoms with Crippen LogP contribution in [-0.2, 0) is 4.79 Å². The highest BCUT2D eigenvalue weighted by atomic mass is 16.6. The number of rotatable bonds is 2. The molecule has 0 aliphatic carbocycles. The van der Waals surface area contributed by atoms with E-state index in [1.165, 1.54) is 0 Å². The maximum absolute atomic E-state index is 11.7. The molecule has 0 bridgehead atoms. The lowest BCUT2D eigenvalue weighted by atomic mass is 10.2. The Balaban J connectivity index is 2.04.